The Labute approximate surface area is 327 Å². The van der Waals surface area contributed by atoms with E-state index in [1.165, 1.54) is 17.1 Å². The lowest BCUT2D eigenvalue weighted by molar-refractivity contribution is -0.154. The second-order valence-electron chi connectivity index (χ2n) is 16.2. The zero-order valence-electron chi connectivity index (χ0n) is 33.3. The SMILES string of the molecule is CCn1c(-c2cc(N3CCN(C)CC3)cnc2[C@H](C)OC)c2c3cc(ccc31)-c1cc(C(F)F)cc(n1)C[C@H](N)C(=O)N1CCC[C@H](N1)C(=O)OCC(C)(C)C2. The maximum absolute atomic E-state index is 14.5. The van der Waals surface area contributed by atoms with E-state index in [4.69, 9.17) is 25.2 Å². The molecule has 3 aliphatic rings. The lowest BCUT2D eigenvalue weighted by atomic mass is 9.84. The predicted molar refractivity (Wildman–Crippen MR) is 212 cm³/mol. The van der Waals surface area contributed by atoms with Crippen LogP contribution in [0.3, 0.4) is 0 Å². The lowest BCUT2D eigenvalue weighted by Gasteiger charge is -2.35. The fourth-order valence-electron chi connectivity index (χ4n) is 8.24. The molecule has 3 aromatic heterocycles. The Morgan fingerprint density at radius 1 is 1.09 bits per heavy atom. The molecule has 4 aromatic rings. The molecule has 6 heterocycles. The summed E-state index contributed by atoms with van der Waals surface area (Å²) < 4.78 is 43.1. The molecule has 3 atom stereocenters. The minimum absolute atomic E-state index is 0.0607. The fourth-order valence-corrected chi connectivity index (χ4v) is 8.24. The first kappa shape index (κ1) is 39.7. The Bertz CT molecular complexity index is 2100. The average molecular weight is 773 g/mol. The van der Waals surface area contributed by atoms with Crippen molar-refractivity contribution in [2.45, 2.75) is 84.5 Å². The summed E-state index contributed by atoms with van der Waals surface area (Å²) in [7, 11) is 3.82. The van der Waals surface area contributed by atoms with E-state index in [0.717, 1.165) is 65.3 Å². The van der Waals surface area contributed by atoms with Crippen LogP contribution in [0.15, 0.2) is 42.6 Å². The minimum atomic E-state index is -2.76. The van der Waals surface area contributed by atoms with Crippen molar-refractivity contribution >= 4 is 28.5 Å². The fraction of sp³-hybridized carbons (Fsp3) is 0.524. The summed E-state index contributed by atoms with van der Waals surface area (Å²) in [6.07, 6.45) is 0.379. The number of carbonyl (C=O) groups excluding carboxylic acids is 2. The molecule has 56 heavy (non-hydrogen) atoms. The number of alkyl halides is 2. The number of anilines is 1. The molecule has 0 radical (unpaired) electrons. The molecule has 1 amide bonds. The van der Waals surface area contributed by atoms with Gasteiger partial charge in [-0.2, -0.15) is 0 Å². The molecule has 2 fully saturated rings. The number of fused-ring (bicyclic) bond motifs is 6. The Hall–Kier alpha value is -4.50. The van der Waals surface area contributed by atoms with Crippen molar-refractivity contribution in [3.05, 3.63) is 65.1 Å². The number of carbonyl (C=O) groups is 2. The Morgan fingerprint density at radius 2 is 1.86 bits per heavy atom. The van der Waals surface area contributed by atoms with Gasteiger partial charge in [0.05, 0.1) is 47.7 Å². The monoisotopic (exact) mass is 772 g/mol. The number of hydrogen-bond donors (Lipinski definition) is 2. The van der Waals surface area contributed by atoms with Crippen LogP contribution >= 0.6 is 0 Å². The first-order valence-corrected chi connectivity index (χ1v) is 19.7. The lowest BCUT2D eigenvalue weighted by Crippen LogP contribution is -2.59. The Kier molecular flexibility index (Phi) is 11.5. The number of aromatic nitrogens is 3. The standard InChI is InChI=1S/C42H54F2N8O4/c1-7-51-36-11-10-26-18-30(36)32(38(51)31-21-29(23-46-37(31)25(2)55-6)50-15-13-49(5)14-16-50)22-42(3,4)24-56-41(54)34-9-8-12-52(48-34)40(53)33(45)20-28-17-27(39(43)44)19-35(26)47-28/h10-11,17-19,21,23,25,33-34,39,48H,7-9,12-16,20,22,24,45H2,1-6H3/t25-,33-,34-/m0/s1. The van der Waals surface area contributed by atoms with Gasteiger partial charge in [0.25, 0.3) is 12.3 Å². The quantitative estimate of drug-likeness (QED) is 0.237. The van der Waals surface area contributed by atoms with Crippen molar-refractivity contribution < 1.29 is 27.8 Å². The molecule has 0 spiro atoms. The van der Waals surface area contributed by atoms with Crippen LogP contribution in [0, 0.1) is 5.41 Å². The van der Waals surface area contributed by atoms with Crippen LogP contribution in [-0.4, -0.2) is 102 Å². The summed E-state index contributed by atoms with van der Waals surface area (Å²) in [5.41, 5.74) is 15.8. The number of hydrogen-bond acceptors (Lipinski definition) is 10. The Morgan fingerprint density at radius 3 is 2.57 bits per heavy atom. The van der Waals surface area contributed by atoms with Crippen molar-refractivity contribution in [1.29, 1.82) is 0 Å². The van der Waals surface area contributed by atoms with Crippen molar-refractivity contribution in [2.24, 2.45) is 11.1 Å². The van der Waals surface area contributed by atoms with Crippen molar-refractivity contribution in [1.82, 2.24) is 29.9 Å². The number of piperazine rings is 1. The molecule has 2 saturated heterocycles. The highest BCUT2D eigenvalue weighted by molar-refractivity contribution is 5.95. The number of cyclic esters (lactones) is 1. The van der Waals surface area contributed by atoms with E-state index < -0.39 is 35.8 Å². The second kappa shape index (κ2) is 16.2. The summed E-state index contributed by atoms with van der Waals surface area (Å²) >= 11 is 0. The summed E-state index contributed by atoms with van der Waals surface area (Å²) in [6.45, 7) is 13.0. The molecule has 3 aliphatic heterocycles. The molecule has 0 unspecified atom stereocenters. The third kappa shape index (κ3) is 8.02. The average Bonchev–Trinajstić information content (AvgIpc) is 3.50. The van der Waals surface area contributed by atoms with Crippen LogP contribution in [-0.2, 0) is 38.4 Å². The van der Waals surface area contributed by atoms with Gasteiger partial charge in [-0.05, 0) is 76.1 Å². The van der Waals surface area contributed by atoms with Gasteiger partial charge < -0.3 is 29.6 Å². The van der Waals surface area contributed by atoms with E-state index in [1.54, 1.807) is 7.11 Å². The van der Waals surface area contributed by atoms with Crippen LogP contribution < -0.4 is 16.1 Å². The number of benzene rings is 1. The molecule has 7 rings (SSSR count). The van der Waals surface area contributed by atoms with Gasteiger partial charge in [-0.1, -0.05) is 19.9 Å². The molecule has 3 N–H and O–H groups in total. The third-order valence-electron chi connectivity index (χ3n) is 11.4. The van der Waals surface area contributed by atoms with Crippen LogP contribution in [0.4, 0.5) is 14.5 Å². The van der Waals surface area contributed by atoms with E-state index >= 15 is 0 Å². The minimum Gasteiger partial charge on any atom is -0.464 e. The molecule has 1 aromatic carbocycles. The number of methoxy groups -OCH3 is 1. The molecule has 6 bridgehead atoms. The highest BCUT2D eigenvalue weighted by Gasteiger charge is 2.34. The molecule has 12 nitrogen and oxygen atoms in total. The van der Waals surface area contributed by atoms with Gasteiger partial charge in [0.2, 0.25) is 0 Å². The van der Waals surface area contributed by atoms with Crippen LogP contribution in [0.5, 0.6) is 0 Å². The number of aryl methyl sites for hydroxylation is 1. The van der Waals surface area contributed by atoms with E-state index in [1.807, 2.05) is 31.3 Å². The number of nitrogens with two attached hydrogens (primary N) is 1. The largest absolute Gasteiger partial charge is 0.464 e. The molecular weight excluding hydrogens is 719 g/mol. The van der Waals surface area contributed by atoms with Crippen molar-refractivity contribution in [3.8, 4) is 22.5 Å². The van der Waals surface area contributed by atoms with Crippen LogP contribution in [0.25, 0.3) is 33.4 Å². The second-order valence-corrected chi connectivity index (χ2v) is 16.2. The number of nitrogens with one attached hydrogen (secondary N) is 1. The summed E-state index contributed by atoms with van der Waals surface area (Å²) in [5.74, 6) is -0.887. The van der Waals surface area contributed by atoms with Crippen LogP contribution in [0.2, 0.25) is 0 Å². The van der Waals surface area contributed by atoms with Gasteiger partial charge >= 0.3 is 5.97 Å². The number of pyridine rings is 2. The summed E-state index contributed by atoms with van der Waals surface area (Å²) in [5, 5.41) is 2.29. The van der Waals surface area contributed by atoms with Gasteiger partial charge in [-0.25, -0.2) is 14.2 Å². The third-order valence-corrected chi connectivity index (χ3v) is 11.4. The van der Waals surface area contributed by atoms with Gasteiger partial charge in [0.1, 0.15) is 6.04 Å². The Balaban J connectivity index is 1.45. The first-order chi connectivity index (χ1) is 26.8. The number of ether oxygens (including phenoxy) is 2. The zero-order valence-corrected chi connectivity index (χ0v) is 33.3. The highest BCUT2D eigenvalue weighted by atomic mass is 19.3. The van der Waals surface area contributed by atoms with Gasteiger partial charge in [-0.15, -0.1) is 0 Å². The number of likely N-dealkylation sites (N-methyl/N-ethyl adjacent to an activating group) is 1. The van der Waals surface area contributed by atoms with E-state index in [9.17, 15) is 18.4 Å². The summed E-state index contributed by atoms with van der Waals surface area (Å²) in [4.78, 5) is 41.6. The number of esters is 1. The molecule has 0 aliphatic carbocycles. The molecule has 300 valence electrons. The number of halogens is 2. The number of nitrogens with zero attached hydrogens (tertiary/aromatic N) is 6. The van der Waals surface area contributed by atoms with E-state index in [0.29, 0.717) is 43.6 Å². The predicted octanol–water partition coefficient (Wildman–Crippen LogP) is 5.67. The van der Waals surface area contributed by atoms with E-state index in [2.05, 4.69) is 53.7 Å². The maximum Gasteiger partial charge on any atom is 0.324 e. The molecule has 14 heteroatoms. The van der Waals surface area contributed by atoms with Crippen molar-refractivity contribution in [2.75, 3.05) is 58.4 Å². The van der Waals surface area contributed by atoms with E-state index in [-0.39, 0.29) is 30.4 Å². The highest BCUT2D eigenvalue weighted by Crippen LogP contribution is 2.43. The van der Waals surface area contributed by atoms with Gasteiger partial charge in [-0.3, -0.25) is 24.6 Å². The van der Waals surface area contributed by atoms with Gasteiger partial charge in [0, 0.05) is 91.5 Å². The smallest absolute Gasteiger partial charge is 0.324 e. The topological polar surface area (TPSA) is 131 Å². The zero-order chi connectivity index (χ0) is 39.9. The molecule has 0 saturated carbocycles. The maximum atomic E-state index is 14.5. The van der Waals surface area contributed by atoms with Crippen LogP contribution in [0.1, 0.15) is 75.6 Å². The number of hydrazine groups is 1. The first-order valence-electron chi connectivity index (χ1n) is 19.7. The van der Waals surface area contributed by atoms with Crippen molar-refractivity contribution in [3.63, 3.8) is 0 Å². The molecular formula is C42H54F2N8O4. The normalized spacial score (nSPS) is 21.7. The van der Waals surface area contributed by atoms with Gasteiger partial charge in [0.15, 0.2) is 0 Å². The number of amides is 1. The number of rotatable bonds is 6. The summed E-state index contributed by atoms with van der Waals surface area (Å²) in [6, 6.07) is 9.12.